The summed E-state index contributed by atoms with van der Waals surface area (Å²) >= 11 is 3.41. The molecule has 2 fully saturated rings. The maximum Gasteiger partial charge on any atom is 0.408 e. The zero-order chi connectivity index (χ0) is 25.9. The lowest BCUT2D eigenvalue weighted by Crippen LogP contribution is -2.71. The predicted octanol–water partition coefficient (Wildman–Crippen LogP) is 2.81. The van der Waals surface area contributed by atoms with Crippen LogP contribution in [0.1, 0.15) is 13.3 Å². The summed E-state index contributed by atoms with van der Waals surface area (Å²) in [5.41, 5.74) is 0.955. The summed E-state index contributed by atoms with van der Waals surface area (Å²) in [6.45, 7) is 3.25. The molecule has 2 aromatic carbocycles. The average molecular weight is 561 g/mol. The van der Waals surface area contributed by atoms with Gasteiger partial charge in [-0.25, -0.2) is 10.3 Å². The number of hydroxylamine groups is 1. The van der Waals surface area contributed by atoms with E-state index in [2.05, 4.69) is 20.8 Å². The van der Waals surface area contributed by atoms with E-state index >= 15 is 0 Å². The Morgan fingerprint density at radius 3 is 2.28 bits per heavy atom. The van der Waals surface area contributed by atoms with Crippen molar-refractivity contribution in [2.75, 3.05) is 37.6 Å². The number of piperazine rings is 1. The van der Waals surface area contributed by atoms with Crippen LogP contribution in [0.2, 0.25) is 0 Å². The SMILES string of the molecule is C[C@@]1(C(=O)N2CCN(c3ccccc3)CC2)[C@@H](C(=O)NO)C[C@H](Oc2ccccc2Br)CN1C(=O)O. The Kier molecular flexibility index (Phi) is 7.70. The summed E-state index contributed by atoms with van der Waals surface area (Å²) in [5.74, 6) is -1.98. The van der Waals surface area contributed by atoms with E-state index in [9.17, 15) is 24.7 Å². The van der Waals surface area contributed by atoms with Crippen molar-refractivity contribution >= 4 is 39.5 Å². The van der Waals surface area contributed by atoms with Crippen LogP contribution in [0.5, 0.6) is 5.75 Å². The molecule has 11 heteroatoms. The van der Waals surface area contributed by atoms with Gasteiger partial charge in [-0.15, -0.1) is 0 Å². The number of carbonyl (C=O) groups excluding carboxylic acids is 2. The number of benzene rings is 2. The minimum atomic E-state index is -1.72. The lowest BCUT2D eigenvalue weighted by Gasteiger charge is -2.51. The second-order valence-electron chi connectivity index (χ2n) is 9.09. The minimum absolute atomic E-state index is 0.0454. The monoisotopic (exact) mass is 560 g/mol. The van der Waals surface area contributed by atoms with Gasteiger partial charge in [-0.2, -0.15) is 0 Å². The molecule has 2 aromatic rings. The van der Waals surface area contributed by atoms with E-state index in [1.54, 1.807) is 28.6 Å². The molecule has 2 aliphatic rings. The Balaban J connectivity index is 1.57. The molecule has 2 aliphatic heterocycles. The highest BCUT2D eigenvalue weighted by atomic mass is 79.9. The van der Waals surface area contributed by atoms with Crippen molar-refractivity contribution in [3.05, 3.63) is 59.1 Å². The fraction of sp³-hybridized carbons (Fsp3) is 0.400. The number of hydrogen-bond acceptors (Lipinski definition) is 6. The number of hydrogen-bond donors (Lipinski definition) is 3. The van der Waals surface area contributed by atoms with Gasteiger partial charge < -0.3 is 19.6 Å². The number of rotatable bonds is 5. The quantitative estimate of drug-likeness (QED) is 0.379. The van der Waals surface area contributed by atoms with E-state index in [0.29, 0.717) is 36.4 Å². The number of carbonyl (C=O) groups is 3. The summed E-state index contributed by atoms with van der Waals surface area (Å²) in [6, 6.07) is 16.9. The largest absolute Gasteiger partial charge is 0.487 e. The van der Waals surface area contributed by atoms with Crippen molar-refractivity contribution in [3.8, 4) is 5.75 Å². The average Bonchev–Trinajstić information content (AvgIpc) is 2.90. The van der Waals surface area contributed by atoms with Gasteiger partial charge in [0.25, 0.3) is 0 Å². The summed E-state index contributed by atoms with van der Waals surface area (Å²) in [6.07, 6.45) is -2.01. The first-order chi connectivity index (χ1) is 17.3. The standard InChI is InChI=1S/C25H29BrN4O6/c1-25(23(32)29-13-11-28(12-14-29)17-7-3-2-4-8-17)19(22(31)27-35)15-18(16-30(25)24(33)34)36-21-10-6-5-9-20(21)26/h2-10,18-19,35H,11-16H2,1H3,(H,27,31)(H,33,34)/t18-,19+,25-/m0/s1. The molecular formula is C25H29BrN4O6. The first-order valence-corrected chi connectivity index (χ1v) is 12.5. The smallest absolute Gasteiger partial charge is 0.408 e. The Hall–Kier alpha value is -3.31. The molecular weight excluding hydrogens is 532 g/mol. The first-order valence-electron chi connectivity index (χ1n) is 11.7. The number of amides is 3. The molecule has 0 spiro atoms. The predicted molar refractivity (Wildman–Crippen MR) is 135 cm³/mol. The maximum atomic E-state index is 13.9. The summed E-state index contributed by atoms with van der Waals surface area (Å²) in [4.78, 5) is 43.8. The van der Waals surface area contributed by atoms with Gasteiger partial charge in [-0.05, 0) is 47.1 Å². The van der Waals surface area contributed by atoms with Crippen molar-refractivity contribution < 1.29 is 29.4 Å². The highest BCUT2D eigenvalue weighted by Gasteiger charge is 2.57. The molecule has 10 nitrogen and oxygen atoms in total. The molecule has 2 saturated heterocycles. The van der Waals surface area contributed by atoms with Crippen molar-refractivity contribution in [2.45, 2.75) is 25.0 Å². The number of carboxylic acid groups (broad SMARTS) is 1. The van der Waals surface area contributed by atoms with Crippen molar-refractivity contribution in [2.24, 2.45) is 5.92 Å². The highest BCUT2D eigenvalue weighted by molar-refractivity contribution is 9.10. The number of para-hydroxylation sites is 2. The number of ether oxygens (including phenoxy) is 1. The zero-order valence-electron chi connectivity index (χ0n) is 19.8. The van der Waals surface area contributed by atoms with Gasteiger partial charge in [-0.3, -0.25) is 19.7 Å². The molecule has 3 N–H and O–H groups in total. The number of halogens is 1. The molecule has 0 unspecified atom stereocenters. The fourth-order valence-corrected chi connectivity index (χ4v) is 5.44. The van der Waals surface area contributed by atoms with Gasteiger partial charge >= 0.3 is 6.09 Å². The van der Waals surface area contributed by atoms with E-state index < -0.39 is 35.5 Å². The molecule has 192 valence electrons. The molecule has 0 aromatic heterocycles. The van der Waals surface area contributed by atoms with Crippen molar-refractivity contribution in [1.82, 2.24) is 15.3 Å². The van der Waals surface area contributed by atoms with Crippen LogP contribution < -0.4 is 15.1 Å². The van der Waals surface area contributed by atoms with Gasteiger partial charge in [0.05, 0.1) is 16.9 Å². The topological polar surface area (TPSA) is 123 Å². The zero-order valence-corrected chi connectivity index (χ0v) is 21.4. The molecule has 0 bridgehead atoms. The van der Waals surface area contributed by atoms with Crippen LogP contribution in [-0.2, 0) is 9.59 Å². The van der Waals surface area contributed by atoms with Crippen molar-refractivity contribution in [3.63, 3.8) is 0 Å². The Bertz CT molecular complexity index is 1110. The number of nitrogens with one attached hydrogen (secondary N) is 1. The minimum Gasteiger partial charge on any atom is -0.487 e. The molecule has 2 heterocycles. The van der Waals surface area contributed by atoms with Gasteiger partial charge in [0, 0.05) is 38.3 Å². The molecule has 0 saturated carbocycles. The Morgan fingerprint density at radius 1 is 1.03 bits per heavy atom. The third-order valence-corrected chi connectivity index (χ3v) is 7.69. The fourth-order valence-electron chi connectivity index (χ4n) is 5.06. The molecule has 4 rings (SSSR count). The number of piperidine rings is 1. The molecule has 0 aliphatic carbocycles. The number of anilines is 1. The molecule has 3 amide bonds. The van der Waals surface area contributed by atoms with Crippen LogP contribution >= 0.6 is 15.9 Å². The number of nitrogens with zero attached hydrogens (tertiary/aromatic N) is 3. The first kappa shape index (κ1) is 25.8. The van der Waals surface area contributed by atoms with Crippen LogP contribution in [0, 0.1) is 5.92 Å². The second-order valence-corrected chi connectivity index (χ2v) is 9.94. The second kappa shape index (κ2) is 10.8. The van der Waals surface area contributed by atoms with E-state index in [1.807, 2.05) is 36.4 Å². The third-order valence-electron chi connectivity index (χ3n) is 7.03. The summed E-state index contributed by atoms with van der Waals surface area (Å²) in [7, 11) is 0. The molecule has 3 atom stereocenters. The van der Waals surface area contributed by atoms with Crippen LogP contribution in [0.15, 0.2) is 59.1 Å². The number of likely N-dealkylation sites (tertiary alicyclic amines) is 1. The molecule has 0 radical (unpaired) electrons. The lowest BCUT2D eigenvalue weighted by atomic mass is 9.75. The van der Waals surface area contributed by atoms with Crippen LogP contribution in [-0.4, -0.2) is 82.4 Å². The normalized spacial score (nSPS) is 24.2. The summed E-state index contributed by atoms with van der Waals surface area (Å²) in [5, 5.41) is 19.6. The van der Waals surface area contributed by atoms with Gasteiger partial charge in [0.1, 0.15) is 17.4 Å². The Labute approximate surface area is 217 Å². The van der Waals surface area contributed by atoms with E-state index in [-0.39, 0.29) is 13.0 Å². The lowest BCUT2D eigenvalue weighted by molar-refractivity contribution is -0.161. The van der Waals surface area contributed by atoms with Crippen LogP contribution in [0.25, 0.3) is 0 Å². The van der Waals surface area contributed by atoms with E-state index in [0.717, 1.165) is 10.6 Å². The van der Waals surface area contributed by atoms with E-state index in [1.165, 1.54) is 6.92 Å². The maximum absolute atomic E-state index is 13.9. The van der Waals surface area contributed by atoms with Crippen LogP contribution in [0.3, 0.4) is 0 Å². The highest BCUT2D eigenvalue weighted by Crippen LogP contribution is 2.38. The third kappa shape index (κ3) is 4.98. The van der Waals surface area contributed by atoms with Gasteiger partial charge in [0.15, 0.2) is 0 Å². The van der Waals surface area contributed by atoms with Gasteiger partial charge in [-0.1, -0.05) is 30.3 Å². The van der Waals surface area contributed by atoms with Crippen LogP contribution in [0.4, 0.5) is 10.5 Å². The molecule has 36 heavy (non-hydrogen) atoms. The Morgan fingerprint density at radius 2 is 1.67 bits per heavy atom. The summed E-state index contributed by atoms with van der Waals surface area (Å²) < 4.78 is 6.70. The van der Waals surface area contributed by atoms with E-state index in [4.69, 9.17) is 4.74 Å². The van der Waals surface area contributed by atoms with Gasteiger partial charge in [0.2, 0.25) is 11.8 Å². The van der Waals surface area contributed by atoms with Crippen molar-refractivity contribution in [1.29, 1.82) is 0 Å².